The number of hydrogen-bond acceptors (Lipinski definition) is 6. The third kappa shape index (κ3) is 3.08. The van der Waals surface area contributed by atoms with Gasteiger partial charge in [0.1, 0.15) is 5.75 Å². The van der Waals surface area contributed by atoms with Crippen LogP contribution < -0.4 is 4.18 Å². The van der Waals surface area contributed by atoms with Gasteiger partial charge in [-0.3, -0.25) is 0 Å². The molecule has 1 aromatic rings. The van der Waals surface area contributed by atoms with Crippen molar-refractivity contribution in [3.8, 4) is 5.75 Å². The molecule has 5 nitrogen and oxygen atoms in total. The number of rotatable bonds is 3. The van der Waals surface area contributed by atoms with Gasteiger partial charge in [-0.2, -0.15) is 0 Å². The molecule has 0 aliphatic rings. The first kappa shape index (κ1) is 13.2. The van der Waals surface area contributed by atoms with Gasteiger partial charge < -0.3 is 13.2 Å². The van der Waals surface area contributed by atoms with Crippen LogP contribution in [0.4, 0.5) is 0 Å². The van der Waals surface area contributed by atoms with E-state index in [4.69, 9.17) is 0 Å². The molecule has 16 heavy (non-hydrogen) atoms. The fraction of sp³-hybridized carbons (Fsp3) is 0. The largest absolute Gasteiger partial charge is 0.448 e. The van der Waals surface area contributed by atoms with E-state index in [1.165, 1.54) is 18.2 Å². The van der Waals surface area contributed by atoms with Crippen LogP contribution in [-0.2, 0) is 9.05 Å². The third-order valence-corrected chi connectivity index (χ3v) is 2.34. The Labute approximate surface area is 102 Å². The standard InChI is InChI=1S/C8H8O5P2S/c9-7(11-14)4-1-5(8(10)12-15)3-6(2-4)13-16/h1-3,16H,14-15H2. The Hall–Kier alpha value is -0.830. The molecule has 0 aliphatic carbocycles. The zero-order valence-electron chi connectivity index (χ0n) is 7.88. The van der Waals surface area contributed by atoms with Crippen LogP contribution >= 0.6 is 31.8 Å². The van der Waals surface area contributed by atoms with E-state index < -0.39 is 11.9 Å². The van der Waals surface area contributed by atoms with E-state index in [1.54, 1.807) is 0 Å². The first-order valence-electron chi connectivity index (χ1n) is 3.91. The van der Waals surface area contributed by atoms with Crippen molar-refractivity contribution in [1.29, 1.82) is 0 Å². The molecule has 0 bridgehead atoms. The van der Waals surface area contributed by atoms with Gasteiger partial charge in [-0.25, -0.2) is 9.59 Å². The second kappa shape index (κ2) is 6.04. The Morgan fingerprint density at radius 1 is 1.00 bits per heavy atom. The summed E-state index contributed by atoms with van der Waals surface area (Å²) in [4.78, 5) is 22.5. The minimum Gasteiger partial charge on any atom is -0.448 e. The number of thiol groups is 1. The maximum atomic E-state index is 11.3. The third-order valence-electron chi connectivity index (χ3n) is 1.70. The maximum Gasteiger partial charge on any atom is 0.340 e. The first-order valence-corrected chi connectivity index (χ1v) is 5.21. The highest BCUT2D eigenvalue weighted by molar-refractivity contribution is 7.75. The molecule has 0 radical (unpaired) electrons. The Morgan fingerprint density at radius 3 is 1.75 bits per heavy atom. The summed E-state index contributed by atoms with van der Waals surface area (Å²) in [6.07, 6.45) is 0. The Bertz CT molecular complexity index is 389. The van der Waals surface area contributed by atoms with Gasteiger partial charge >= 0.3 is 11.9 Å². The molecule has 0 spiro atoms. The van der Waals surface area contributed by atoms with Gasteiger partial charge in [0.25, 0.3) is 0 Å². The summed E-state index contributed by atoms with van der Waals surface area (Å²) in [6.45, 7) is 0. The Kier molecular flexibility index (Phi) is 5.00. The van der Waals surface area contributed by atoms with Gasteiger partial charge in [-0.05, 0) is 18.2 Å². The molecule has 0 N–H and O–H groups in total. The van der Waals surface area contributed by atoms with Crippen molar-refractivity contribution in [3.05, 3.63) is 29.3 Å². The second-order valence-electron chi connectivity index (χ2n) is 2.65. The number of carbonyl (C=O) groups is 2. The number of benzene rings is 1. The summed E-state index contributed by atoms with van der Waals surface area (Å²) in [6, 6.07) is 4.10. The zero-order chi connectivity index (χ0) is 12.1. The summed E-state index contributed by atoms with van der Waals surface area (Å²) < 4.78 is 13.5. The quantitative estimate of drug-likeness (QED) is 0.519. The van der Waals surface area contributed by atoms with Crippen LogP contribution in [0.25, 0.3) is 0 Å². The van der Waals surface area contributed by atoms with E-state index in [0.717, 1.165) is 0 Å². The van der Waals surface area contributed by atoms with Crippen molar-refractivity contribution in [2.75, 3.05) is 0 Å². The lowest BCUT2D eigenvalue weighted by Gasteiger charge is -2.05. The first-order chi connectivity index (χ1) is 7.62. The predicted molar refractivity (Wildman–Crippen MR) is 66.3 cm³/mol. The smallest absolute Gasteiger partial charge is 0.340 e. The van der Waals surface area contributed by atoms with Crippen molar-refractivity contribution in [2.24, 2.45) is 0 Å². The minimum atomic E-state index is -0.616. The van der Waals surface area contributed by atoms with Crippen molar-refractivity contribution >= 4 is 43.8 Å². The molecule has 86 valence electrons. The Morgan fingerprint density at radius 2 is 1.44 bits per heavy atom. The molecular weight excluding hydrogens is 270 g/mol. The highest BCUT2D eigenvalue weighted by Crippen LogP contribution is 2.20. The lowest BCUT2D eigenvalue weighted by atomic mass is 10.1. The molecule has 0 saturated carbocycles. The molecule has 0 aliphatic heterocycles. The predicted octanol–water partition coefficient (Wildman–Crippen LogP) is 1.80. The van der Waals surface area contributed by atoms with E-state index in [1.807, 2.05) is 18.9 Å². The number of hydrogen-bond donors (Lipinski definition) is 1. The van der Waals surface area contributed by atoms with Gasteiger partial charge in [0.05, 0.1) is 30.1 Å². The van der Waals surface area contributed by atoms with E-state index in [9.17, 15) is 9.59 Å². The van der Waals surface area contributed by atoms with E-state index in [2.05, 4.69) is 26.1 Å². The van der Waals surface area contributed by atoms with Crippen LogP contribution in [0.5, 0.6) is 5.75 Å². The highest BCUT2D eigenvalue weighted by Gasteiger charge is 2.14. The average Bonchev–Trinajstić information content (AvgIpc) is 2.35. The zero-order valence-corrected chi connectivity index (χ0v) is 11.1. The molecular formula is C8H8O5P2S. The van der Waals surface area contributed by atoms with E-state index in [0.29, 0.717) is 0 Å². The lowest BCUT2D eigenvalue weighted by Crippen LogP contribution is -2.03. The lowest BCUT2D eigenvalue weighted by molar-refractivity contribution is 0.0765. The van der Waals surface area contributed by atoms with Crippen molar-refractivity contribution in [3.63, 3.8) is 0 Å². The van der Waals surface area contributed by atoms with Crippen molar-refractivity contribution in [2.45, 2.75) is 0 Å². The fourth-order valence-electron chi connectivity index (χ4n) is 1.02. The van der Waals surface area contributed by atoms with Crippen LogP contribution in [0.15, 0.2) is 18.2 Å². The van der Waals surface area contributed by atoms with Gasteiger partial charge in [-0.15, -0.1) is 0 Å². The van der Waals surface area contributed by atoms with Crippen molar-refractivity contribution < 1.29 is 22.8 Å². The van der Waals surface area contributed by atoms with Gasteiger partial charge in [0.15, 0.2) is 0 Å². The molecule has 1 aromatic carbocycles. The van der Waals surface area contributed by atoms with Crippen LogP contribution in [0.3, 0.4) is 0 Å². The molecule has 2 unspecified atom stereocenters. The van der Waals surface area contributed by atoms with Crippen LogP contribution in [0.2, 0.25) is 0 Å². The highest BCUT2D eigenvalue weighted by atomic mass is 32.1. The molecule has 2 atom stereocenters. The van der Waals surface area contributed by atoms with E-state index in [-0.39, 0.29) is 16.9 Å². The number of carbonyl (C=O) groups excluding carboxylic acids is 2. The minimum absolute atomic E-state index is 0.159. The monoisotopic (exact) mass is 278 g/mol. The average molecular weight is 278 g/mol. The van der Waals surface area contributed by atoms with Crippen LogP contribution in [0.1, 0.15) is 20.7 Å². The van der Waals surface area contributed by atoms with E-state index >= 15 is 0 Å². The molecule has 0 amide bonds. The summed E-state index contributed by atoms with van der Waals surface area (Å²) in [5, 5.41) is 0. The maximum absolute atomic E-state index is 11.3. The van der Waals surface area contributed by atoms with Gasteiger partial charge in [0, 0.05) is 12.9 Å². The van der Waals surface area contributed by atoms with Gasteiger partial charge in [-0.1, -0.05) is 0 Å². The molecule has 0 heterocycles. The molecule has 8 heteroatoms. The molecule has 0 saturated heterocycles. The Balaban J connectivity index is 3.20. The van der Waals surface area contributed by atoms with Crippen LogP contribution in [-0.4, -0.2) is 11.9 Å². The summed E-state index contributed by atoms with van der Waals surface area (Å²) >= 11 is 3.59. The molecule has 1 rings (SSSR count). The second-order valence-corrected chi connectivity index (χ2v) is 3.30. The van der Waals surface area contributed by atoms with Crippen molar-refractivity contribution in [1.82, 2.24) is 0 Å². The summed E-state index contributed by atoms with van der Waals surface area (Å²) in [7, 11) is 3.64. The summed E-state index contributed by atoms with van der Waals surface area (Å²) in [5.74, 6) is -0.994. The normalized spacial score (nSPS) is 9.44. The SMILES string of the molecule is O=C(OP)c1cc(OS)cc(C(=O)OP)c1. The molecule has 0 aromatic heterocycles. The van der Waals surface area contributed by atoms with Crippen LogP contribution in [0, 0.1) is 0 Å². The fourth-order valence-corrected chi connectivity index (χ4v) is 1.40. The summed E-state index contributed by atoms with van der Waals surface area (Å²) in [5.41, 5.74) is 0.318. The topological polar surface area (TPSA) is 61.8 Å². The van der Waals surface area contributed by atoms with Gasteiger partial charge in [0.2, 0.25) is 0 Å². The molecule has 0 fully saturated rings.